The van der Waals surface area contributed by atoms with E-state index in [2.05, 4.69) is 26.8 Å². The Labute approximate surface area is 123 Å². The maximum absolute atomic E-state index is 10.3. The van der Waals surface area contributed by atoms with Gasteiger partial charge in [0.05, 0.1) is 6.10 Å². The van der Waals surface area contributed by atoms with Crippen molar-refractivity contribution in [1.29, 1.82) is 0 Å². The molecular formula is C16H19ClOS. The molecule has 0 aliphatic carbocycles. The molecule has 1 heterocycles. The van der Waals surface area contributed by atoms with Crippen LogP contribution < -0.4 is 0 Å². The van der Waals surface area contributed by atoms with E-state index < -0.39 is 6.10 Å². The predicted octanol–water partition coefficient (Wildman–Crippen LogP) is 4.98. The monoisotopic (exact) mass is 294 g/mol. The lowest BCUT2D eigenvalue weighted by molar-refractivity contribution is 0.182. The van der Waals surface area contributed by atoms with Crippen LogP contribution in [0.5, 0.6) is 0 Å². The maximum atomic E-state index is 10.3. The fourth-order valence-corrected chi connectivity index (χ4v) is 3.17. The number of halogens is 1. The third-order valence-corrected chi connectivity index (χ3v) is 5.05. The van der Waals surface area contributed by atoms with Gasteiger partial charge in [0.15, 0.2) is 0 Å². The normalized spacial score (nSPS) is 13.5. The smallest absolute Gasteiger partial charge is 0.0922 e. The summed E-state index contributed by atoms with van der Waals surface area (Å²) in [5.41, 5.74) is 1.12. The van der Waals surface area contributed by atoms with Crippen molar-refractivity contribution in [3.8, 4) is 0 Å². The molecule has 1 N–H and O–H groups in total. The summed E-state index contributed by atoms with van der Waals surface area (Å²) >= 11 is 7.81. The van der Waals surface area contributed by atoms with Gasteiger partial charge in [0.2, 0.25) is 0 Å². The van der Waals surface area contributed by atoms with Crippen molar-refractivity contribution in [3.63, 3.8) is 0 Å². The Morgan fingerprint density at radius 3 is 2.42 bits per heavy atom. The Hall–Kier alpha value is -0.830. The van der Waals surface area contributed by atoms with Gasteiger partial charge in [-0.2, -0.15) is 0 Å². The quantitative estimate of drug-likeness (QED) is 0.847. The second-order valence-electron chi connectivity index (χ2n) is 5.76. The molecule has 2 aromatic rings. The van der Waals surface area contributed by atoms with Crippen LogP contribution in [0.3, 0.4) is 0 Å². The second-order valence-corrected chi connectivity index (χ2v) is 7.29. The van der Waals surface area contributed by atoms with E-state index in [9.17, 15) is 5.11 Å². The fraction of sp³-hybridized carbons (Fsp3) is 0.375. The molecule has 1 aromatic carbocycles. The van der Waals surface area contributed by atoms with E-state index in [-0.39, 0.29) is 5.41 Å². The molecular weight excluding hydrogens is 276 g/mol. The highest BCUT2D eigenvalue weighted by Crippen LogP contribution is 2.34. The molecule has 1 unspecified atom stereocenters. The minimum atomic E-state index is -0.485. The molecule has 0 amide bonds. The molecule has 0 aliphatic heterocycles. The molecule has 19 heavy (non-hydrogen) atoms. The first kappa shape index (κ1) is 14.6. The summed E-state index contributed by atoms with van der Waals surface area (Å²) in [6.07, 6.45) is 0.0741. The Bertz CT molecular complexity index is 554. The van der Waals surface area contributed by atoms with E-state index in [0.717, 1.165) is 10.4 Å². The lowest BCUT2D eigenvalue weighted by Gasteiger charge is -2.16. The average molecular weight is 295 g/mol. The Morgan fingerprint density at radius 2 is 1.84 bits per heavy atom. The highest BCUT2D eigenvalue weighted by atomic mass is 35.5. The molecule has 0 saturated carbocycles. The summed E-state index contributed by atoms with van der Waals surface area (Å²) in [5, 5.41) is 11.0. The van der Waals surface area contributed by atoms with Crippen molar-refractivity contribution in [2.24, 2.45) is 0 Å². The molecule has 1 atom stereocenters. The Kier molecular flexibility index (Phi) is 4.34. The third-order valence-electron chi connectivity index (χ3n) is 3.07. The van der Waals surface area contributed by atoms with Crippen molar-refractivity contribution >= 4 is 22.9 Å². The lowest BCUT2D eigenvalue weighted by Crippen LogP contribution is -2.07. The van der Waals surface area contributed by atoms with E-state index >= 15 is 0 Å². The molecule has 0 spiro atoms. The van der Waals surface area contributed by atoms with E-state index in [0.29, 0.717) is 11.4 Å². The standard InChI is InChI=1S/C16H19ClOS/c1-16(2,3)15-9-8-14(19-15)13(18)10-11-6-4-5-7-12(11)17/h4-9,13,18H,10H2,1-3H3. The largest absolute Gasteiger partial charge is 0.387 e. The summed E-state index contributed by atoms with van der Waals surface area (Å²) < 4.78 is 0. The van der Waals surface area contributed by atoms with Crippen LogP contribution in [-0.4, -0.2) is 5.11 Å². The molecule has 2 rings (SSSR count). The van der Waals surface area contributed by atoms with Gasteiger partial charge in [-0.15, -0.1) is 11.3 Å². The van der Waals surface area contributed by atoms with Crippen molar-refractivity contribution in [3.05, 3.63) is 56.7 Å². The van der Waals surface area contributed by atoms with Gasteiger partial charge in [-0.1, -0.05) is 50.6 Å². The lowest BCUT2D eigenvalue weighted by atomic mass is 9.95. The van der Waals surface area contributed by atoms with Gasteiger partial charge in [-0.25, -0.2) is 0 Å². The minimum Gasteiger partial charge on any atom is -0.387 e. The summed E-state index contributed by atoms with van der Waals surface area (Å²) in [4.78, 5) is 2.30. The van der Waals surface area contributed by atoms with Gasteiger partial charge < -0.3 is 5.11 Å². The van der Waals surface area contributed by atoms with Crippen LogP contribution in [0.4, 0.5) is 0 Å². The van der Waals surface area contributed by atoms with Gasteiger partial charge in [-0.05, 0) is 29.2 Å². The van der Waals surface area contributed by atoms with E-state index in [4.69, 9.17) is 11.6 Å². The number of aliphatic hydroxyl groups is 1. The molecule has 0 bridgehead atoms. The van der Waals surface area contributed by atoms with Crippen molar-refractivity contribution < 1.29 is 5.11 Å². The summed E-state index contributed by atoms with van der Waals surface area (Å²) in [6.45, 7) is 6.55. The van der Waals surface area contributed by atoms with Gasteiger partial charge in [-0.3, -0.25) is 0 Å². The summed E-state index contributed by atoms with van der Waals surface area (Å²) in [7, 11) is 0. The predicted molar refractivity (Wildman–Crippen MR) is 83.1 cm³/mol. The van der Waals surface area contributed by atoms with Gasteiger partial charge in [0.25, 0.3) is 0 Å². The first-order chi connectivity index (χ1) is 8.88. The number of hydrogen-bond donors (Lipinski definition) is 1. The van der Waals surface area contributed by atoms with Gasteiger partial charge in [0, 0.05) is 21.2 Å². The van der Waals surface area contributed by atoms with E-state index in [1.54, 1.807) is 11.3 Å². The molecule has 1 aromatic heterocycles. The summed E-state index contributed by atoms with van der Waals surface area (Å²) in [5.74, 6) is 0. The average Bonchev–Trinajstić information content (AvgIpc) is 2.81. The number of benzene rings is 1. The van der Waals surface area contributed by atoms with Gasteiger partial charge >= 0.3 is 0 Å². The van der Waals surface area contributed by atoms with Crippen LogP contribution in [0.25, 0.3) is 0 Å². The molecule has 0 radical (unpaired) electrons. The zero-order valence-electron chi connectivity index (χ0n) is 11.5. The van der Waals surface area contributed by atoms with Crippen molar-refractivity contribution in [1.82, 2.24) is 0 Å². The SMILES string of the molecule is CC(C)(C)c1ccc(C(O)Cc2ccccc2Cl)s1. The van der Waals surface area contributed by atoms with Crippen LogP contribution in [0.15, 0.2) is 36.4 Å². The molecule has 0 fully saturated rings. The highest BCUT2D eigenvalue weighted by molar-refractivity contribution is 7.12. The Balaban J connectivity index is 2.15. The van der Waals surface area contributed by atoms with E-state index in [1.165, 1.54) is 4.88 Å². The zero-order chi connectivity index (χ0) is 14.0. The molecule has 102 valence electrons. The van der Waals surface area contributed by atoms with Crippen LogP contribution in [0, 0.1) is 0 Å². The first-order valence-electron chi connectivity index (χ1n) is 6.39. The summed E-state index contributed by atoms with van der Waals surface area (Å²) in [6, 6.07) is 11.8. The molecule has 3 heteroatoms. The molecule has 0 aliphatic rings. The van der Waals surface area contributed by atoms with Crippen molar-refractivity contribution in [2.75, 3.05) is 0 Å². The maximum Gasteiger partial charge on any atom is 0.0922 e. The van der Waals surface area contributed by atoms with E-state index in [1.807, 2.05) is 30.3 Å². The third kappa shape index (κ3) is 3.59. The topological polar surface area (TPSA) is 20.2 Å². The van der Waals surface area contributed by atoms with Crippen LogP contribution in [-0.2, 0) is 11.8 Å². The van der Waals surface area contributed by atoms with Crippen LogP contribution >= 0.6 is 22.9 Å². The van der Waals surface area contributed by atoms with Crippen LogP contribution in [0.1, 0.15) is 42.2 Å². The number of thiophene rings is 1. The van der Waals surface area contributed by atoms with Gasteiger partial charge in [0.1, 0.15) is 0 Å². The van der Waals surface area contributed by atoms with Crippen LogP contribution in [0.2, 0.25) is 5.02 Å². The molecule has 0 saturated heterocycles. The fourth-order valence-electron chi connectivity index (χ4n) is 1.91. The number of rotatable bonds is 3. The number of hydrogen-bond acceptors (Lipinski definition) is 2. The first-order valence-corrected chi connectivity index (χ1v) is 7.59. The number of aliphatic hydroxyl groups excluding tert-OH is 1. The zero-order valence-corrected chi connectivity index (χ0v) is 13.1. The minimum absolute atomic E-state index is 0.132. The Morgan fingerprint density at radius 1 is 1.16 bits per heavy atom. The second kappa shape index (κ2) is 5.66. The highest BCUT2D eigenvalue weighted by Gasteiger charge is 2.19. The molecule has 1 nitrogen and oxygen atoms in total. The van der Waals surface area contributed by atoms with Crippen molar-refractivity contribution in [2.45, 2.75) is 38.7 Å².